The summed E-state index contributed by atoms with van der Waals surface area (Å²) in [6.07, 6.45) is 5.68. The summed E-state index contributed by atoms with van der Waals surface area (Å²) >= 11 is 0. The van der Waals surface area contributed by atoms with Crippen molar-refractivity contribution in [1.82, 2.24) is 4.57 Å². The number of pyridine rings is 1. The minimum atomic E-state index is -3.55. The maximum atomic E-state index is 13.0. The zero-order valence-corrected chi connectivity index (χ0v) is 16.0. The second-order valence-electron chi connectivity index (χ2n) is 7.04. The van der Waals surface area contributed by atoms with Gasteiger partial charge in [-0.05, 0) is 31.7 Å². The van der Waals surface area contributed by atoms with Crippen LogP contribution in [-0.4, -0.2) is 29.4 Å². The summed E-state index contributed by atoms with van der Waals surface area (Å²) in [6, 6.07) is 2.89. The van der Waals surface area contributed by atoms with Gasteiger partial charge in [-0.2, -0.15) is 0 Å². The molecule has 1 fully saturated rings. The topological polar surface area (TPSA) is 85.2 Å². The number of carbonyl (C=O) groups is 1. The van der Waals surface area contributed by atoms with Crippen LogP contribution in [0.3, 0.4) is 0 Å². The standard InChI is InChI=1S/C18H28N2O4S/c1-4-20-12-14(10-11-16(20)21)19-18(22)17(13(2)3)25(23,24)15-8-6-5-7-9-15/h10-13,15,17H,4-9H2,1-3H3,(H,19,22). The molecule has 2 rings (SSSR count). The van der Waals surface area contributed by atoms with Crippen LogP contribution in [0, 0.1) is 5.92 Å². The van der Waals surface area contributed by atoms with Gasteiger partial charge in [-0.15, -0.1) is 0 Å². The van der Waals surface area contributed by atoms with Crippen LogP contribution >= 0.6 is 0 Å². The van der Waals surface area contributed by atoms with Gasteiger partial charge in [0.2, 0.25) is 5.91 Å². The zero-order valence-electron chi connectivity index (χ0n) is 15.2. The van der Waals surface area contributed by atoms with Gasteiger partial charge in [0.15, 0.2) is 9.84 Å². The molecule has 6 nitrogen and oxygen atoms in total. The lowest BCUT2D eigenvalue weighted by atomic mass is 10.0. The summed E-state index contributed by atoms with van der Waals surface area (Å²) in [5.74, 6) is -0.828. The summed E-state index contributed by atoms with van der Waals surface area (Å²) in [6.45, 7) is 5.84. The highest BCUT2D eigenvalue weighted by Crippen LogP contribution is 2.29. The molecule has 1 N–H and O–H groups in total. The van der Waals surface area contributed by atoms with Crippen LogP contribution in [0.2, 0.25) is 0 Å². The average Bonchev–Trinajstić information content (AvgIpc) is 2.56. The molecule has 1 saturated carbocycles. The minimum absolute atomic E-state index is 0.157. The van der Waals surface area contributed by atoms with Crippen molar-refractivity contribution in [3.63, 3.8) is 0 Å². The lowest BCUT2D eigenvalue weighted by Crippen LogP contribution is -2.44. The molecule has 0 bridgehead atoms. The lowest BCUT2D eigenvalue weighted by Gasteiger charge is -2.28. The van der Waals surface area contributed by atoms with E-state index in [4.69, 9.17) is 0 Å². The van der Waals surface area contributed by atoms with E-state index in [1.54, 1.807) is 20.0 Å². The summed E-state index contributed by atoms with van der Waals surface area (Å²) in [7, 11) is -3.55. The predicted octanol–water partition coefficient (Wildman–Crippen LogP) is 2.58. The lowest BCUT2D eigenvalue weighted by molar-refractivity contribution is -0.116. The Morgan fingerprint density at radius 3 is 2.44 bits per heavy atom. The van der Waals surface area contributed by atoms with Crippen LogP contribution in [0.15, 0.2) is 23.1 Å². The van der Waals surface area contributed by atoms with Crippen molar-refractivity contribution >= 4 is 21.4 Å². The van der Waals surface area contributed by atoms with E-state index in [1.165, 1.54) is 16.7 Å². The molecule has 1 aliphatic rings. The van der Waals surface area contributed by atoms with E-state index in [1.807, 2.05) is 6.92 Å². The third-order valence-corrected chi connectivity index (χ3v) is 7.69. The molecule has 0 radical (unpaired) electrons. The first-order valence-corrected chi connectivity index (χ1v) is 10.6. The van der Waals surface area contributed by atoms with Gasteiger partial charge < -0.3 is 9.88 Å². The number of aryl methyl sites for hydroxylation is 1. The van der Waals surface area contributed by atoms with Crippen LogP contribution in [0.25, 0.3) is 0 Å². The molecule has 0 saturated heterocycles. The Kier molecular flexibility index (Phi) is 6.43. The molecule has 1 aromatic rings. The van der Waals surface area contributed by atoms with Gasteiger partial charge in [-0.25, -0.2) is 8.42 Å². The maximum Gasteiger partial charge on any atom is 0.250 e. The quantitative estimate of drug-likeness (QED) is 0.836. The Labute approximate surface area is 149 Å². The van der Waals surface area contributed by atoms with Crippen LogP contribution in [0.5, 0.6) is 0 Å². The van der Waals surface area contributed by atoms with Gasteiger partial charge in [0.1, 0.15) is 5.25 Å². The number of nitrogens with zero attached hydrogens (tertiary/aromatic N) is 1. The molecule has 7 heteroatoms. The molecule has 1 heterocycles. The molecular weight excluding hydrogens is 340 g/mol. The molecule has 0 aromatic carbocycles. The Morgan fingerprint density at radius 2 is 1.88 bits per heavy atom. The number of hydrogen-bond donors (Lipinski definition) is 1. The highest BCUT2D eigenvalue weighted by molar-refractivity contribution is 7.93. The number of amides is 1. The maximum absolute atomic E-state index is 13.0. The van der Waals surface area contributed by atoms with Crippen LogP contribution in [0.4, 0.5) is 5.69 Å². The number of aromatic nitrogens is 1. The molecular formula is C18H28N2O4S. The van der Waals surface area contributed by atoms with Gasteiger partial charge in [-0.1, -0.05) is 33.1 Å². The highest BCUT2D eigenvalue weighted by atomic mass is 32.2. The van der Waals surface area contributed by atoms with E-state index >= 15 is 0 Å². The number of rotatable bonds is 6. The predicted molar refractivity (Wildman–Crippen MR) is 99.4 cm³/mol. The number of sulfone groups is 1. The highest BCUT2D eigenvalue weighted by Gasteiger charge is 2.41. The zero-order chi connectivity index (χ0) is 18.6. The number of carbonyl (C=O) groups excluding carboxylic acids is 1. The Balaban J connectivity index is 2.24. The largest absolute Gasteiger partial charge is 0.324 e. The van der Waals surface area contributed by atoms with E-state index < -0.39 is 26.2 Å². The van der Waals surface area contributed by atoms with E-state index in [-0.39, 0.29) is 11.5 Å². The van der Waals surface area contributed by atoms with E-state index in [9.17, 15) is 18.0 Å². The van der Waals surface area contributed by atoms with Crippen LogP contribution in [-0.2, 0) is 21.2 Å². The SMILES string of the molecule is CCn1cc(NC(=O)C(C(C)C)S(=O)(=O)C2CCCCC2)ccc1=O. The second kappa shape index (κ2) is 8.17. The van der Waals surface area contributed by atoms with Gasteiger partial charge in [0.25, 0.3) is 5.56 Å². The van der Waals surface area contributed by atoms with Gasteiger partial charge in [-0.3, -0.25) is 9.59 Å². The van der Waals surface area contributed by atoms with Crippen molar-refractivity contribution in [1.29, 1.82) is 0 Å². The summed E-state index contributed by atoms with van der Waals surface area (Å²) in [4.78, 5) is 24.4. The molecule has 1 amide bonds. The number of nitrogens with one attached hydrogen (secondary N) is 1. The molecule has 1 aromatic heterocycles. The van der Waals surface area contributed by atoms with Crippen molar-refractivity contribution in [2.75, 3.05) is 5.32 Å². The van der Waals surface area contributed by atoms with Crippen molar-refractivity contribution in [3.8, 4) is 0 Å². The summed E-state index contributed by atoms with van der Waals surface area (Å²) < 4.78 is 27.5. The molecule has 0 aliphatic heterocycles. The van der Waals surface area contributed by atoms with Gasteiger partial charge in [0.05, 0.1) is 10.9 Å². The summed E-state index contributed by atoms with van der Waals surface area (Å²) in [5, 5.41) is 1.19. The van der Waals surface area contributed by atoms with Crippen LogP contribution in [0.1, 0.15) is 52.9 Å². The van der Waals surface area contributed by atoms with Gasteiger partial charge >= 0.3 is 0 Å². The molecule has 0 spiro atoms. The van der Waals surface area contributed by atoms with Crippen molar-refractivity contribution < 1.29 is 13.2 Å². The Bertz CT molecular complexity index is 762. The van der Waals surface area contributed by atoms with Gasteiger partial charge in [0, 0.05) is 18.8 Å². The average molecular weight is 368 g/mol. The number of anilines is 1. The van der Waals surface area contributed by atoms with E-state index in [0.717, 1.165) is 19.3 Å². The van der Waals surface area contributed by atoms with Crippen molar-refractivity contribution in [2.24, 2.45) is 5.92 Å². The third kappa shape index (κ3) is 4.51. The first-order valence-electron chi connectivity index (χ1n) is 9.01. The van der Waals surface area contributed by atoms with Crippen LogP contribution < -0.4 is 10.9 Å². The molecule has 1 aliphatic carbocycles. The fourth-order valence-corrected chi connectivity index (χ4v) is 6.02. The minimum Gasteiger partial charge on any atom is -0.324 e. The third-order valence-electron chi connectivity index (χ3n) is 4.83. The monoisotopic (exact) mass is 368 g/mol. The smallest absolute Gasteiger partial charge is 0.250 e. The van der Waals surface area contributed by atoms with E-state index in [0.29, 0.717) is 25.1 Å². The fraction of sp³-hybridized carbons (Fsp3) is 0.667. The number of hydrogen-bond acceptors (Lipinski definition) is 4. The second-order valence-corrected chi connectivity index (χ2v) is 9.40. The molecule has 1 unspecified atom stereocenters. The molecule has 1 atom stereocenters. The van der Waals surface area contributed by atoms with Crippen molar-refractivity contribution in [3.05, 3.63) is 28.7 Å². The van der Waals surface area contributed by atoms with Crippen molar-refractivity contribution in [2.45, 2.75) is 69.9 Å². The Morgan fingerprint density at radius 1 is 1.24 bits per heavy atom. The fourth-order valence-electron chi connectivity index (χ4n) is 3.50. The van der Waals surface area contributed by atoms with E-state index in [2.05, 4.69) is 5.32 Å². The Hall–Kier alpha value is -1.63. The summed E-state index contributed by atoms with van der Waals surface area (Å²) in [5.41, 5.74) is 0.284. The molecule has 25 heavy (non-hydrogen) atoms. The normalized spacial score (nSPS) is 17.4. The first-order chi connectivity index (χ1) is 11.8. The first kappa shape index (κ1) is 19.7. The molecule has 140 valence electrons.